The molecule has 3 N–H and O–H groups in total. The van der Waals surface area contributed by atoms with Crippen LogP contribution in [0.1, 0.15) is 23.2 Å². The summed E-state index contributed by atoms with van der Waals surface area (Å²) in [4.78, 5) is 4.11. The van der Waals surface area contributed by atoms with Gasteiger partial charge in [-0.05, 0) is 42.2 Å². The fourth-order valence-corrected chi connectivity index (χ4v) is 3.37. The molecule has 0 radical (unpaired) electrons. The molecule has 1 aromatic carbocycles. The van der Waals surface area contributed by atoms with E-state index in [1.165, 1.54) is 5.56 Å². The van der Waals surface area contributed by atoms with Crippen LogP contribution >= 0.6 is 0 Å². The summed E-state index contributed by atoms with van der Waals surface area (Å²) < 4.78 is 0. The summed E-state index contributed by atoms with van der Waals surface area (Å²) in [5.41, 5.74) is 4.39. The van der Waals surface area contributed by atoms with Crippen molar-refractivity contribution in [2.45, 2.75) is 25.0 Å². The van der Waals surface area contributed by atoms with Crippen molar-refractivity contribution in [2.75, 3.05) is 6.54 Å². The maximum atomic E-state index is 10.9. The number of hydrogen-bond acceptors (Lipinski definition) is 4. The molecule has 1 atom stereocenters. The fourth-order valence-electron chi connectivity index (χ4n) is 3.37. The van der Waals surface area contributed by atoms with E-state index in [0.717, 1.165) is 35.4 Å². The molecule has 1 aliphatic carbocycles. The van der Waals surface area contributed by atoms with E-state index in [0.29, 0.717) is 13.1 Å². The van der Waals surface area contributed by atoms with Gasteiger partial charge >= 0.3 is 0 Å². The largest absolute Gasteiger partial charge is 0.384 e. The molecule has 24 heavy (non-hydrogen) atoms. The van der Waals surface area contributed by atoms with Gasteiger partial charge in [0.05, 0.1) is 5.69 Å². The summed E-state index contributed by atoms with van der Waals surface area (Å²) in [5, 5.41) is 21.6. The molecule has 1 aliphatic rings. The van der Waals surface area contributed by atoms with Crippen LogP contribution in [0.15, 0.2) is 54.9 Å². The Morgan fingerprint density at radius 2 is 2.12 bits per heavy atom. The third-order valence-electron chi connectivity index (χ3n) is 4.65. The number of nitrogens with one attached hydrogen (secondary N) is 2. The van der Waals surface area contributed by atoms with Gasteiger partial charge in [0.15, 0.2) is 0 Å². The zero-order chi connectivity index (χ0) is 16.4. The normalized spacial score (nSPS) is 19.4. The van der Waals surface area contributed by atoms with Gasteiger partial charge in [-0.2, -0.15) is 5.10 Å². The molecule has 0 fully saturated rings. The molecule has 4 rings (SSSR count). The smallest absolute Gasteiger partial charge is 0.103 e. The molecule has 0 saturated carbocycles. The van der Waals surface area contributed by atoms with Gasteiger partial charge in [0, 0.05) is 36.7 Å². The topological polar surface area (TPSA) is 73.8 Å². The number of aryl methyl sites for hydroxylation is 1. The minimum atomic E-state index is -0.775. The zero-order valence-electron chi connectivity index (χ0n) is 13.4. The molecule has 3 aromatic rings. The first kappa shape index (κ1) is 15.1. The first-order valence-electron chi connectivity index (χ1n) is 8.21. The van der Waals surface area contributed by atoms with E-state index in [-0.39, 0.29) is 0 Å². The average molecular weight is 320 g/mol. The van der Waals surface area contributed by atoms with Crippen molar-refractivity contribution in [3.63, 3.8) is 0 Å². The molecule has 5 heteroatoms. The van der Waals surface area contributed by atoms with Gasteiger partial charge < -0.3 is 10.4 Å². The lowest BCUT2D eigenvalue weighted by Gasteiger charge is -2.24. The number of nitrogens with zero attached hydrogens (tertiary/aromatic N) is 2. The number of fused-ring (bicyclic) bond motifs is 1. The second kappa shape index (κ2) is 6.19. The Hall–Kier alpha value is -2.50. The van der Waals surface area contributed by atoms with Crippen molar-refractivity contribution in [3.05, 3.63) is 71.7 Å². The van der Waals surface area contributed by atoms with Crippen molar-refractivity contribution in [1.82, 2.24) is 20.5 Å². The number of aromatic nitrogens is 3. The molecule has 0 bridgehead atoms. The standard InChI is InChI=1S/C19H20N4O/c24-19(8-7-14-4-1-2-6-17(14)19)13-21-12-16-10-18(23-22-16)15-5-3-9-20-11-15/h1-6,9-11,21,24H,7-8,12-13H2,(H,22,23). The van der Waals surface area contributed by atoms with Gasteiger partial charge in [0.2, 0.25) is 0 Å². The number of H-pyrrole nitrogens is 1. The van der Waals surface area contributed by atoms with Crippen LogP contribution in [0.4, 0.5) is 0 Å². The number of aromatic amines is 1. The lowest BCUT2D eigenvalue weighted by molar-refractivity contribution is 0.0384. The summed E-state index contributed by atoms with van der Waals surface area (Å²) >= 11 is 0. The van der Waals surface area contributed by atoms with E-state index in [2.05, 4.69) is 26.6 Å². The summed E-state index contributed by atoms with van der Waals surface area (Å²) in [7, 11) is 0. The minimum absolute atomic E-state index is 0.533. The van der Waals surface area contributed by atoms with E-state index in [1.807, 2.05) is 36.4 Å². The third kappa shape index (κ3) is 2.84. The Labute approximate surface area is 140 Å². The lowest BCUT2D eigenvalue weighted by Crippen LogP contribution is -2.36. The van der Waals surface area contributed by atoms with Crippen molar-refractivity contribution in [2.24, 2.45) is 0 Å². The third-order valence-corrected chi connectivity index (χ3v) is 4.65. The highest BCUT2D eigenvalue weighted by Gasteiger charge is 2.35. The van der Waals surface area contributed by atoms with E-state index in [4.69, 9.17) is 0 Å². The highest BCUT2D eigenvalue weighted by atomic mass is 16.3. The van der Waals surface area contributed by atoms with Crippen LogP contribution in [0.25, 0.3) is 11.3 Å². The molecule has 0 aliphatic heterocycles. The molecule has 2 heterocycles. The van der Waals surface area contributed by atoms with Crippen LogP contribution < -0.4 is 5.32 Å². The van der Waals surface area contributed by atoms with E-state index in [9.17, 15) is 5.11 Å². The molecule has 1 unspecified atom stereocenters. The Morgan fingerprint density at radius 3 is 3.00 bits per heavy atom. The Bertz CT molecular complexity index is 830. The maximum absolute atomic E-state index is 10.9. The molecule has 0 amide bonds. The highest BCUT2D eigenvalue weighted by molar-refractivity contribution is 5.57. The Balaban J connectivity index is 1.39. The van der Waals surface area contributed by atoms with Crippen LogP contribution in [0.3, 0.4) is 0 Å². The van der Waals surface area contributed by atoms with Gasteiger partial charge in [-0.1, -0.05) is 24.3 Å². The fraction of sp³-hybridized carbons (Fsp3) is 0.263. The van der Waals surface area contributed by atoms with Crippen LogP contribution in [0.2, 0.25) is 0 Å². The number of aliphatic hydroxyl groups is 1. The van der Waals surface area contributed by atoms with Crippen LogP contribution in [-0.2, 0) is 18.6 Å². The Morgan fingerprint density at radius 1 is 1.21 bits per heavy atom. The summed E-state index contributed by atoms with van der Waals surface area (Å²) in [6.45, 7) is 1.17. The molecule has 5 nitrogen and oxygen atoms in total. The number of hydrogen-bond donors (Lipinski definition) is 3. The first-order valence-corrected chi connectivity index (χ1v) is 8.21. The van der Waals surface area contributed by atoms with E-state index >= 15 is 0 Å². The van der Waals surface area contributed by atoms with Crippen molar-refractivity contribution < 1.29 is 5.11 Å². The number of rotatable bonds is 5. The molecular weight excluding hydrogens is 300 g/mol. The summed E-state index contributed by atoms with van der Waals surface area (Å²) in [5.74, 6) is 0. The van der Waals surface area contributed by atoms with Crippen LogP contribution in [-0.4, -0.2) is 26.8 Å². The van der Waals surface area contributed by atoms with Crippen LogP contribution in [0, 0.1) is 0 Å². The predicted molar refractivity (Wildman–Crippen MR) is 92.2 cm³/mol. The van der Waals surface area contributed by atoms with Gasteiger partial charge in [0.25, 0.3) is 0 Å². The monoisotopic (exact) mass is 320 g/mol. The SMILES string of the molecule is OC1(CNCc2cc(-c3cccnc3)n[nH]2)CCc2ccccc21. The van der Waals surface area contributed by atoms with Gasteiger partial charge in [-0.15, -0.1) is 0 Å². The number of benzene rings is 1. The molecule has 0 spiro atoms. The number of pyridine rings is 1. The van der Waals surface area contributed by atoms with Gasteiger partial charge in [0.1, 0.15) is 5.60 Å². The second-order valence-corrected chi connectivity index (χ2v) is 6.31. The molecule has 0 saturated heterocycles. The van der Waals surface area contributed by atoms with Crippen LogP contribution in [0.5, 0.6) is 0 Å². The van der Waals surface area contributed by atoms with Crippen molar-refractivity contribution in [1.29, 1.82) is 0 Å². The van der Waals surface area contributed by atoms with E-state index in [1.54, 1.807) is 12.4 Å². The predicted octanol–water partition coefficient (Wildman–Crippen LogP) is 2.40. The van der Waals surface area contributed by atoms with Crippen molar-refractivity contribution >= 4 is 0 Å². The molecular formula is C19H20N4O. The quantitative estimate of drug-likeness (QED) is 0.675. The zero-order valence-corrected chi connectivity index (χ0v) is 13.4. The summed E-state index contributed by atoms with van der Waals surface area (Å²) in [6, 6.07) is 14.0. The molecule has 2 aromatic heterocycles. The van der Waals surface area contributed by atoms with Gasteiger partial charge in [-0.25, -0.2) is 0 Å². The van der Waals surface area contributed by atoms with Crippen molar-refractivity contribution in [3.8, 4) is 11.3 Å². The maximum Gasteiger partial charge on any atom is 0.103 e. The van der Waals surface area contributed by atoms with E-state index < -0.39 is 5.60 Å². The second-order valence-electron chi connectivity index (χ2n) is 6.31. The Kier molecular flexibility index (Phi) is 3.88. The first-order chi connectivity index (χ1) is 11.7. The lowest BCUT2D eigenvalue weighted by atomic mass is 9.96. The minimum Gasteiger partial charge on any atom is -0.384 e. The molecule has 122 valence electrons. The average Bonchev–Trinajstić information content (AvgIpc) is 3.22. The van der Waals surface area contributed by atoms with Gasteiger partial charge in [-0.3, -0.25) is 10.1 Å². The highest BCUT2D eigenvalue weighted by Crippen LogP contribution is 2.36. The summed E-state index contributed by atoms with van der Waals surface area (Å²) in [6.07, 6.45) is 5.25.